The molecule has 1 N–H and O–H groups in total. The molecule has 0 spiro atoms. The largest absolute Gasteiger partial charge is 0.492 e. The second-order valence-corrected chi connectivity index (χ2v) is 9.29. The van der Waals surface area contributed by atoms with Crippen molar-refractivity contribution in [1.29, 1.82) is 0 Å². The highest BCUT2D eigenvalue weighted by molar-refractivity contribution is 5.99. The number of ketones is 1. The van der Waals surface area contributed by atoms with Crippen LogP contribution >= 0.6 is 0 Å². The summed E-state index contributed by atoms with van der Waals surface area (Å²) in [5, 5.41) is 24.0. The minimum atomic E-state index is -0.594. The molecule has 3 aromatic heterocycles. The number of aromatic nitrogens is 6. The molecule has 0 saturated heterocycles. The molecule has 202 valence electrons. The number of hydrogen-bond acceptors (Lipinski definition) is 8. The van der Waals surface area contributed by atoms with Crippen LogP contribution in [0.15, 0.2) is 100 Å². The van der Waals surface area contributed by atoms with E-state index in [1.807, 2.05) is 12.1 Å². The molecule has 11 nitrogen and oxygen atoms in total. The predicted molar refractivity (Wildman–Crippen MR) is 149 cm³/mol. The van der Waals surface area contributed by atoms with Crippen molar-refractivity contribution >= 4 is 17.3 Å². The van der Waals surface area contributed by atoms with Gasteiger partial charge in [0.2, 0.25) is 11.6 Å². The van der Waals surface area contributed by atoms with Crippen LogP contribution in [-0.2, 0) is 0 Å². The second kappa shape index (κ2) is 11.7. The zero-order valence-electron chi connectivity index (χ0n) is 22.1. The molecule has 0 amide bonds. The maximum Gasteiger partial charge on any atom is 0.303 e. The van der Waals surface area contributed by atoms with Crippen LogP contribution in [-0.4, -0.2) is 40.0 Å². The number of aromatic hydroxyl groups is 1. The van der Waals surface area contributed by atoms with Crippen LogP contribution in [0.1, 0.15) is 43.5 Å². The summed E-state index contributed by atoms with van der Waals surface area (Å²) in [5.74, 6) is 0.0652. The summed E-state index contributed by atoms with van der Waals surface area (Å²) in [4.78, 5) is 35.3. The van der Waals surface area contributed by atoms with Crippen molar-refractivity contribution in [2.45, 2.75) is 33.1 Å². The molecule has 0 bridgehead atoms. The summed E-state index contributed by atoms with van der Waals surface area (Å²) in [6.07, 6.45) is 6.46. The Bertz CT molecular complexity index is 1690. The van der Waals surface area contributed by atoms with E-state index in [-0.39, 0.29) is 28.8 Å². The van der Waals surface area contributed by atoms with E-state index in [1.165, 1.54) is 20.2 Å². The second-order valence-electron chi connectivity index (χ2n) is 9.29. The van der Waals surface area contributed by atoms with Gasteiger partial charge in [0.1, 0.15) is 0 Å². The summed E-state index contributed by atoms with van der Waals surface area (Å²) >= 11 is 0. The Morgan fingerprint density at radius 2 is 1.55 bits per heavy atom. The molecule has 5 rings (SSSR count). The number of para-hydroxylation sites is 2. The lowest BCUT2D eigenvalue weighted by atomic mass is 9.99. The molecule has 3 heterocycles. The van der Waals surface area contributed by atoms with Crippen molar-refractivity contribution in [3.8, 4) is 23.2 Å². The van der Waals surface area contributed by atoms with E-state index in [1.54, 1.807) is 67.0 Å². The number of hydrogen-bond donors (Lipinski definition) is 1. The Labute approximate surface area is 230 Å². The zero-order valence-corrected chi connectivity index (χ0v) is 22.1. The quantitative estimate of drug-likeness (QED) is 0.179. The average Bonchev–Trinajstić information content (AvgIpc) is 3.53. The van der Waals surface area contributed by atoms with Gasteiger partial charge >= 0.3 is 5.56 Å². The molecule has 40 heavy (non-hydrogen) atoms. The van der Waals surface area contributed by atoms with E-state index in [0.29, 0.717) is 30.1 Å². The van der Waals surface area contributed by atoms with Gasteiger partial charge in [0, 0.05) is 18.8 Å². The SMILES string of the molecule is CCC(C)CCC(=O)c1cnn(-c2ncccn2)c1N=Nc1c(O)n(-c2ccccc2)n(-c2ccccc2)c1=O. The van der Waals surface area contributed by atoms with Crippen molar-refractivity contribution in [2.75, 3.05) is 0 Å². The summed E-state index contributed by atoms with van der Waals surface area (Å²) in [6.45, 7) is 4.17. The molecular weight excluding hydrogens is 508 g/mol. The first kappa shape index (κ1) is 26.4. The third-order valence-electron chi connectivity index (χ3n) is 6.60. The number of rotatable bonds is 10. The van der Waals surface area contributed by atoms with Crippen molar-refractivity contribution in [2.24, 2.45) is 16.1 Å². The zero-order chi connectivity index (χ0) is 28.1. The first-order valence-electron chi connectivity index (χ1n) is 13.0. The minimum absolute atomic E-state index is 0.0675. The normalized spacial score (nSPS) is 12.2. The maximum atomic E-state index is 13.6. The van der Waals surface area contributed by atoms with E-state index in [4.69, 9.17) is 0 Å². The molecule has 0 saturated carbocycles. The topological polar surface area (TPSA) is 133 Å². The number of carbonyl (C=O) groups is 1. The molecule has 5 aromatic rings. The van der Waals surface area contributed by atoms with Crippen molar-refractivity contribution in [1.82, 2.24) is 29.1 Å². The van der Waals surface area contributed by atoms with Crippen LogP contribution in [0.3, 0.4) is 0 Å². The van der Waals surface area contributed by atoms with Crippen LogP contribution < -0.4 is 5.56 Å². The smallest absolute Gasteiger partial charge is 0.303 e. The Morgan fingerprint density at radius 3 is 2.17 bits per heavy atom. The summed E-state index contributed by atoms with van der Waals surface area (Å²) in [6, 6.07) is 19.5. The molecule has 11 heteroatoms. The highest BCUT2D eigenvalue weighted by Gasteiger charge is 2.24. The lowest BCUT2D eigenvalue weighted by molar-refractivity contribution is 0.0975. The Hall–Kier alpha value is -5.19. The fraction of sp³-hybridized carbons (Fsp3) is 0.207. The highest BCUT2D eigenvalue weighted by Crippen LogP contribution is 2.32. The molecule has 0 aliphatic rings. The van der Waals surface area contributed by atoms with Gasteiger partial charge in [-0.2, -0.15) is 9.78 Å². The van der Waals surface area contributed by atoms with Gasteiger partial charge in [-0.3, -0.25) is 9.59 Å². The Morgan fingerprint density at radius 1 is 0.925 bits per heavy atom. The molecule has 0 radical (unpaired) electrons. The highest BCUT2D eigenvalue weighted by atomic mass is 16.3. The fourth-order valence-electron chi connectivity index (χ4n) is 4.17. The van der Waals surface area contributed by atoms with Crippen molar-refractivity contribution in [3.05, 3.63) is 101 Å². The van der Waals surface area contributed by atoms with Gasteiger partial charge in [0.25, 0.3) is 5.95 Å². The molecule has 1 unspecified atom stereocenters. The first-order chi connectivity index (χ1) is 19.5. The third-order valence-corrected chi connectivity index (χ3v) is 6.60. The van der Waals surface area contributed by atoms with E-state index in [2.05, 4.69) is 39.1 Å². The molecular formula is C29H28N8O3. The van der Waals surface area contributed by atoms with Gasteiger partial charge in [0.05, 0.1) is 23.1 Å². The number of Topliss-reactive ketones (excluding diaryl/α,β-unsaturated/α-hetero) is 1. The fourth-order valence-corrected chi connectivity index (χ4v) is 4.17. The molecule has 0 aliphatic carbocycles. The lowest BCUT2D eigenvalue weighted by Gasteiger charge is -2.12. The molecule has 2 aromatic carbocycles. The van der Waals surface area contributed by atoms with E-state index in [9.17, 15) is 14.7 Å². The Kier molecular flexibility index (Phi) is 7.72. The van der Waals surface area contributed by atoms with Gasteiger partial charge in [-0.05, 0) is 42.7 Å². The monoisotopic (exact) mass is 536 g/mol. The van der Waals surface area contributed by atoms with Crippen LogP contribution in [0.5, 0.6) is 5.88 Å². The lowest BCUT2D eigenvalue weighted by Crippen LogP contribution is -2.20. The van der Waals surface area contributed by atoms with Crippen molar-refractivity contribution in [3.63, 3.8) is 0 Å². The van der Waals surface area contributed by atoms with Crippen LogP contribution in [0.2, 0.25) is 0 Å². The van der Waals surface area contributed by atoms with Crippen LogP contribution in [0.4, 0.5) is 11.5 Å². The predicted octanol–water partition coefficient (Wildman–Crippen LogP) is 5.73. The molecule has 0 fully saturated rings. The summed E-state index contributed by atoms with van der Waals surface area (Å²) in [5.41, 5.74) is 0.406. The third kappa shape index (κ3) is 5.21. The van der Waals surface area contributed by atoms with Crippen molar-refractivity contribution < 1.29 is 9.90 Å². The number of azo groups is 1. The molecule has 1 atom stereocenters. The van der Waals surface area contributed by atoms with Gasteiger partial charge < -0.3 is 5.11 Å². The number of benzene rings is 2. The van der Waals surface area contributed by atoms with Crippen LogP contribution in [0, 0.1) is 5.92 Å². The average molecular weight is 537 g/mol. The van der Waals surface area contributed by atoms with Gasteiger partial charge in [-0.25, -0.2) is 19.3 Å². The molecule has 0 aliphatic heterocycles. The van der Waals surface area contributed by atoms with Crippen LogP contribution in [0.25, 0.3) is 17.3 Å². The first-order valence-corrected chi connectivity index (χ1v) is 13.0. The summed E-state index contributed by atoms with van der Waals surface area (Å²) < 4.78 is 3.97. The number of nitrogens with zero attached hydrogens (tertiary/aromatic N) is 8. The van der Waals surface area contributed by atoms with Gasteiger partial charge in [-0.1, -0.05) is 56.7 Å². The van der Waals surface area contributed by atoms with E-state index >= 15 is 0 Å². The van der Waals surface area contributed by atoms with E-state index < -0.39 is 11.4 Å². The Balaban J connectivity index is 1.64. The number of carbonyl (C=O) groups excluding carboxylic acids is 1. The maximum absolute atomic E-state index is 13.6. The van der Waals surface area contributed by atoms with E-state index in [0.717, 1.165) is 6.42 Å². The van der Waals surface area contributed by atoms with Gasteiger partial charge in [0.15, 0.2) is 11.6 Å². The standard InChI is InChI=1S/C29H28N8O3/c1-3-20(2)15-16-24(38)23-19-32-35(29-30-17-10-18-31-29)26(23)34-33-25-27(39)36(21-11-6-4-7-12-21)37(28(25)40)22-13-8-5-9-14-22/h4-14,17-20,39H,3,15-16H2,1-2H3. The summed E-state index contributed by atoms with van der Waals surface area (Å²) in [7, 11) is 0. The minimum Gasteiger partial charge on any atom is -0.492 e. The van der Waals surface area contributed by atoms with Gasteiger partial charge in [-0.15, -0.1) is 10.2 Å².